The van der Waals surface area contributed by atoms with Crippen LogP contribution in [0.4, 0.5) is 0 Å². The van der Waals surface area contributed by atoms with Crippen molar-refractivity contribution < 1.29 is 38.2 Å². The molecule has 0 rings (SSSR count). The number of likely N-dealkylation sites (N-methyl/N-ethyl adjacent to an activating group) is 1. The fraction of sp³-hybridized carbons (Fsp3) is 0.794. The minimum absolute atomic E-state index is 0.0258. The van der Waals surface area contributed by atoms with Gasteiger partial charge in [0.25, 0.3) is 0 Å². The van der Waals surface area contributed by atoms with Gasteiger partial charge in [0.05, 0.1) is 40.3 Å². The summed E-state index contributed by atoms with van der Waals surface area (Å²) in [7, 11) is 5.36. The Morgan fingerprint density at radius 2 is 1.26 bits per heavy atom. The zero-order chi connectivity index (χ0) is 31.5. The van der Waals surface area contributed by atoms with Gasteiger partial charge in [-0.1, -0.05) is 83.1 Å². The van der Waals surface area contributed by atoms with Gasteiger partial charge in [-0.15, -0.1) is 0 Å². The van der Waals surface area contributed by atoms with Gasteiger partial charge >= 0.3 is 11.9 Å². The van der Waals surface area contributed by atoms with Crippen LogP contribution in [0, 0.1) is 0 Å². The van der Waals surface area contributed by atoms with E-state index in [9.17, 15) is 19.5 Å². The van der Waals surface area contributed by atoms with E-state index in [0.717, 1.165) is 51.4 Å². The Bertz CT molecular complexity index is 757. The van der Waals surface area contributed by atoms with Crippen LogP contribution < -0.4 is 5.11 Å². The smallest absolute Gasteiger partial charge is 0.306 e. The average molecular weight is 596 g/mol. The number of quaternary nitrogens is 1. The maximum absolute atomic E-state index is 12.5. The Balaban J connectivity index is 4.57. The second-order valence-electron chi connectivity index (χ2n) is 12.0. The lowest BCUT2D eigenvalue weighted by Gasteiger charge is -2.34. The van der Waals surface area contributed by atoms with E-state index in [1.165, 1.54) is 32.1 Å². The SMILES string of the molecule is CCCC/C=C/CCCCCCC(=O)OC(COCCC(C(=O)[O-])[N+](C)(C)C)COC(=O)CC/C=C/CCCCCC. The number of unbranched alkanes of at least 4 members (excludes halogenated alkanes) is 10. The van der Waals surface area contributed by atoms with E-state index in [2.05, 4.69) is 32.1 Å². The molecule has 0 aromatic rings. The second kappa shape index (κ2) is 26.4. The van der Waals surface area contributed by atoms with Gasteiger partial charge < -0.3 is 28.6 Å². The van der Waals surface area contributed by atoms with E-state index in [4.69, 9.17) is 14.2 Å². The van der Waals surface area contributed by atoms with Crippen molar-refractivity contribution >= 4 is 17.9 Å². The summed E-state index contributed by atoms with van der Waals surface area (Å²) in [6, 6.07) is -0.727. The molecule has 0 heterocycles. The first-order valence-electron chi connectivity index (χ1n) is 16.4. The first-order chi connectivity index (χ1) is 20.1. The number of hydrogen-bond acceptors (Lipinski definition) is 7. The molecule has 2 unspecified atom stereocenters. The summed E-state index contributed by atoms with van der Waals surface area (Å²) in [5, 5.41) is 11.5. The molecule has 0 saturated heterocycles. The molecule has 0 saturated carbocycles. The van der Waals surface area contributed by atoms with Crippen LogP contribution in [-0.2, 0) is 28.6 Å². The van der Waals surface area contributed by atoms with E-state index in [-0.39, 0.29) is 49.1 Å². The summed E-state index contributed by atoms with van der Waals surface area (Å²) in [6.07, 6.45) is 23.7. The number of rotatable bonds is 28. The first-order valence-corrected chi connectivity index (χ1v) is 16.4. The molecule has 0 spiro atoms. The molecule has 0 bridgehead atoms. The Kier molecular flexibility index (Phi) is 25.1. The molecule has 2 atom stereocenters. The highest BCUT2D eigenvalue weighted by Crippen LogP contribution is 2.11. The molecule has 0 radical (unpaired) electrons. The van der Waals surface area contributed by atoms with Gasteiger partial charge in [0.2, 0.25) is 0 Å². The van der Waals surface area contributed by atoms with E-state index in [1.54, 1.807) is 21.1 Å². The van der Waals surface area contributed by atoms with Gasteiger partial charge in [0.1, 0.15) is 12.6 Å². The normalized spacial score (nSPS) is 13.5. The van der Waals surface area contributed by atoms with Gasteiger partial charge in [-0.2, -0.15) is 0 Å². The number of carbonyl (C=O) groups is 3. The molecular weight excluding hydrogens is 534 g/mol. The fourth-order valence-corrected chi connectivity index (χ4v) is 4.42. The van der Waals surface area contributed by atoms with Crippen molar-refractivity contribution in [3.63, 3.8) is 0 Å². The molecule has 0 amide bonds. The van der Waals surface area contributed by atoms with Crippen molar-refractivity contribution in [1.82, 2.24) is 0 Å². The molecule has 0 aromatic heterocycles. The highest BCUT2D eigenvalue weighted by atomic mass is 16.6. The van der Waals surface area contributed by atoms with Crippen LogP contribution in [-0.4, -0.2) is 75.5 Å². The van der Waals surface area contributed by atoms with Crippen molar-refractivity contribution in [1.29, 1.82) is 0 Å². The maximum Gasteiger partial charge on any atom is 0.306 e. The number of carboxylic acid groups (broad SMARTS) is 1. The molecule has 42 heavy (non-hydrogen) atoms. The highest BCUT2D eigenvalue weighted by Gasteiger charge is 2.25. The third-order valence-electron chi connectivity index (χ3n) is 7.07. The molecule has 244 valence electrons. The zero-order valence-corrected chi connectivity index (χ0v) is 27.4. The number of aliphatic carboxylic acids is 1. The van der Waals surface area contributed by atoms with Crippen LogP contribution >= 0.6 is 0 Å². The van der Waals surface area contributed by atoms with Crippen LogP contribution in [0.1, 0.15) is 123 Å². The van der Waals surface area contributed by atoms with Crippen molar-refractivity contribution in [2.24, 2.45) is 0 Å². The van der Waals surface area contributed by atoms with Gasteiger partial charge in [-0.25, -0.2) is 0 Å². The molecule has 0 N–H and O–H groups in total. The summed E-state index contributed by atoms with van der Waals surface area (Å²) in [6.45, 7) is 4.48. The Morgan fingerprint density at radius 3 is 1.86 bits per heavy atom. The minimum Gasteiger partial charge on any atom is -0.544 e. The number of nitrogens with zero attached hydrogens (tertiary/aromatic N) is 1. The minimum atomic E-state index is -1.13. The van der Waals surface area contributed by atoms with Gasteiger partial charge in [-0.3, -0.25) is 9.59 Å². The van der Waals surface area contributed by atoms with Crippen molar-refractivity contribution in [2.75, 3.05) is 41.0 Å². The standard InChI is InChI=1S/C34H61NO7/c1-6-8-10-12-14-16-17-19-21-23-25-33(37)42-30(28-40-27-26-31(34(38)39)35(3,4)5)29-41-32(36)24-22-20-18-15-13-11-9-7-2/h12,14,18,20,30-31H,6-11,13,15-17,19,21-29H2,1-5H3/b14-12+,20-18+. The van der Waals surface area contributed by atoms with Crippen LogP contribution in [0.5, 0.6) is 0 Å². The Hall–Kier alpha value is -2.19. The summed E-state index contributed by atoms with van der Waals surface area (Å²) in [5.41, 5.74) is 0. The number of carbonyl (C=O) groups excluding carboxylic acids is 3. The number of allylic oxidation sites excluding steroid dienone is 4. The largest absolute Gasteiger partial charge is 0.544 e. The van der Waals surface area contributed by atoms with Crippen LogP contribution in [0.3, 0.4) is 0 Å². The zero-order valence-electron chi connectivity index (χ0n) is 27.4. The van der Waals surface area contributed by atoms with E-state index in [0.29, 0.717) is 12.8 Å². The molecule has 8 nitrogen and oxygen atoms in total. The van der Waals surface area contributed by atoms with E-state index < -0.39 is 18.1 Å². The van der Waals surface area contributed by atoms with E-state index in [1.807, 2.05) is 6.08 Å². The van der Waals surface area contributed by atoms with Crippen LogP contribution in [0.25, 0.3) is 0 Å². The number of carboxylic acids is 1. The third-order valence-corrected chi connectivity index (χ3v) is 7.07. The Labute approximate surface area is 256 Å². The summed E-state index contributed by atoms with van der Waals surface area (Å²) in [4.78, 5) is 36.3. The van der Waals surface area contributed by atoms with Crippen molar-refractivity contribution in [3.05, 3.63) is 24.3 Å². The molecule has 0 fully saturated rings. The predicted octanol–water partition coefficient (Wildman–Crippen LogP) is 6.07. The molecule has 0 aliphatic heterocycles. The van der Waals surface area contributed by atoms with Crippen LogP contribution in [0.15, 0.2) is 24.3 Å². The summed E-state index contributed by atoms with van der Waals surface area (Å²) in [5.74, 6) is -1.83. The van der Waals surface area contributed by atoms with Crippen LogP contribution in [0.2, 0.25) is 0 Å². The lowest BCUT2D eigenvalue weighted by Crippen LogP contribution is -2.55. The maximum atomic E-state index is 12.5. The third kappa shape index (κ3) is 24.4. The topological polar surface area (TPSA) is 102 Å². The quantitative estimate of drug-likeness (QED) is 0.0468. The van der Waals surface area contributed by atoms with Crippen molar-refractivity contribution in [3.8, 4) is 0 Å². The lowest BCUT2D eigenvalue weighted by atomic mass is 10.1. The predicted molar refractivity (Wildman–Crippen MR) is 167 cm³/mol. The number of ether oxygens (including phenoxy) is 3. The monoisotopic (exact) mass is 595 g/mol. The fourth-order valence-electron chi connectivity index (χ4n) is 4.42. The summed E-state index contributed by atoms with van der Waals surface area (Å²) < 4.78 is 16.9. The van der Waals surface area contributed by atoms with Gasteiger partial charge in [-0.05, 0) is 44.9 Å². The molecule has 0 aromatic carbocycles. The number of esters is 2. The Morgan fingerprint density at radius 1 is 0.690 bits per heavy atom. The molecular formula is C34H61NO7. The molecule has 0 aliphatic carbocycles. The highest BCUT2D eigenvalue weighted by molar-refractivity contribution is 5.70. The van der Waals surface area contributed by atoms with Gasteiger partial charge in [0.15, 0.2) is 6.10 Å². The average Bonchev–Trinajstić information content (AvgIpc) is 2.92. The second-order valence-corrected chi connectivity index (χ2v) is 12.0. The lowest BCUT2D eigenvalue weighted by molar-refractivity contribution is -0.889. The van der Waals surface area contributed by atoms with Gasteiger partial charge in [0, 0.05) is 19.3 Å². The molecule has 0 aliphatic rings. The van der Waals surface area contributed by atoms with E-state index >= 15 is 0 Å². The van der Waals surface area contributed by atoms with Crippen molar-refractivity contribution in [2.45, 2.75) is 135 Å². The number of hydrogen-bond donors (Lipinski definition) is 0. The first kappa shape index (κ1) is 39.8. The molecule has 8 heteroatoms. The summed E-state index contributed by atoms with van der Waals surface area (Å²) >= 11 is 0.